The molecule has 0 atom stereocenters. The maximum absolute atomic E-state index is 6.10. The van der Waals surface area contributed by atoms with Gasteiger partial charge in [0, 0.05) is 11.0 Å². The van der Waals surface area contributed by atoms with Crippen LogP contribution in [0.1, 0.15) is 40.4 Å². The summed E-state index contributed by atoms with van der Waals surface area (Å²) in [6.07, 6.45) is 0.150. The first kappa shape index (κ1) is 15.2. The number of hydrogen-bond donors (Lipinski definition) is 2. The van der Waals surface area contributed by atoms with Gasteiger partial charge in [0.1, 0.15) is 17.3 Å². The molecule has 1 aromatic carbocycles. The molecule has 0 spiro atoms. The van der Waals surface area contributed by atoms with Crippen LogP contribution < -0.4 is 16.3 Å². The van der Waals surface area contributed by atoms with Crippen LogP contribution in [0, 0.1) is 0 Å². The van der Waals surface area contributed by atoms with Crippen molar-refractivity contribution in [3.8, 4) is 17.0 Å². The smallest absolute Gasteiger partial charge is 0.150 e. The minimum absolute atomic E-state index is 0.150. The fourth-order valence-corrected chi connectivity index (χ4v) is 2.15. The quantitative estimate of drug-likeness (QED) is 0.851. The third-order valence-corrected chi connectivity index (χ3v) is 3.12. The molecule has 0 bridgehead atoms. The van der Waals surface area contributed by atoms with Crippen molar-refractivity contribution in [1.29, 1.82) is 0 Å². The fraction of sp³-hybridized carbons (Fsp3) is 0.438. The maximum atomic E-state index is 6.10. The van der Waals surface area contributed by atoms with E-state index >= 15 is 0 Å². The molecule has 0 amide bonds. The predicted octanol–water partition coefficient (Wildman–Crippen LogP) is 2.93. The number of nitrogens with two attached hydrogens (primary N) is 2. The number of benzene rings is 1. The number of rotatable bonds is 3. The lowest BCUT2D eigenvalue weighted by molar-refractivity contribution is 0.242. The highest BCUT2D eigenvalue weighted by atomic mass is 16.5. The molecule has 0 aliphatic carbocycles. The second-order valence-corrected chi connectivity index (χ2v) is 6.48. The molecule has 5 heteroatoms. The molecule has 114 valence electrons. The van der Waals surface area contributed by atoms with Crippen molar-refractivity contribution in [2.24, 2.45) is 0 Å². The predicted molar refractivity (Wildman–Crippen MR) is 86.7 cm³/mol. The van der Waals surface area contributed by atoms with Gasteiger partial charge in [-0.1, -0.05) is 20.8 Å². The van der Waals surface area contributed by atoms with E-state index in [1.165, 1.54) is 4.68 Å². The van der Waals surface area contributed by atoms with E-state index < -0.39 is 0 Å². The molecule has 4 N–H and O–H groups in total. The van der Waals surface area contributed by atoms with Gasteiger partial charge in [-0.2, -0.15) is 0 Å². The first-order chi connectivity index (χ1) is 9.70. The largest absolute Gasteiger partial charge is 0.491 e. The summed E-state index contributed by atoms with van der Waals surface area (Å²) in [6, 6.07) is 7.73. The van der Waals surface area contributed by atoms with Gasteiger partial charge in [-0.15, -0.1) is 0 Å². The Bertz CT molecular complexity index is 621. The van der Waals surface area contributed by atoms with E-state index in [0.29, 0.717) is 11.5 Å². The molecule has 0 aliphatic rings. The number of aromatic nitrogens is 2. The number of anilines is 1. The van der Waals surface area contributed by atoms with Crippen molar-refractivity contribution in [3.63, 3.8) is 0 Å². The molecule has 5 nitrogen and oxygen atoms in total. The van der Waals surface area contributed by atoms with E-state index in [2.05, 4.69) is 25.8 Å². The summed E-state index contributed by atoms with van der Waals surface area (Å²) < 4.78 is 7.10. The molecule has 1 heterocycles. The zero-order valence-electron chi connectivity index (χ0n) is 13.3. The second-order valence-electron chi connectivity index (χ2n) is 6.48. The molecule has 2 aromatic rings. The fourth-order valence-electron chi connectivity index (χ4n) is 2.15. The number of ether oxygens (including phenoxy) is 1. The zero-order valence-corrected chi connectivity index (χ0v) is 13.3. The van der Waals surface area contributed by atoms with Crippen LogP contribution in [0.2, 0.25) is 0 Å². The highest BCUT2D eigenvalue weighted by Crippen LogP contribution is 2.31. The third kappa shape index (κ3) is 3.12. The van der Waals surface area contributed by atoms with E-state index in [0.717, 1.165) is 17.1 Å². The summed E-state index contributed by atoms with van der Waals surface area (Å²) in [5.41, 5.74) is 7.57. The van der Waals surface area contributed by atoms with Gasteiger partial charge >= 0.3 is 0 Å². The molecule has 0 unspecified atom stereocenters. The zero-order chi connectivity index (χ0) is 15.8. The Balaban J connectivity index is 2.39. The van der Waals surface area contributed by atoms with Gasteiger partial charge in [0.25, 0.3) is 0 Å². The Morgan fingerprint density at radius 1 is 1.14 bits per heavy atom. The highest BCUT2D eigenvalue weighted by Gasteiger charge is 2.24. The lowest BCUT2D eigenvalue weighted by Crippen LogP contribution is -2.24. The van der Waals surface area contributed by atoms with Crippen molar-refractivity contribution >= 4 is 5.82 Å². The molecule has 0 radical (unpaired) electrons. The van der Waals surface area contributed by atoms with Crippen molar-refractivity contribution in [2.45, 2.75) is 46.1 Å². The molecule has 2 rings (SSSR count). The normalized spacial score (nSPS) is 11.9. The summed E-state index contributed by atoms with van der Waals surface area (Å²) in [5, 5.41) is 0. The van der Waals surface area contributed by atoms with Crippen molar-refractivity contribution < 1.29 is 4.74 Å². The van der Waals surface area contributed by atoms with Crippen LogP contribution in [0.3, 0.4) is 0 Å². The van der Waals surface area contributed by atoms with Crippen LogP contribution in [0.4, 0.5) is 5.82 Å². The van der Waals surface area contributed by atoms with Crippen molar-refractivity contribution in [2.75, 3.05) is 11.6 Å². The molecular formula is C16H24N4O. The van der Waals surface area contributed by atoms with Crippen LogP contribution in [0.15, 0.2) is 24.3 Å². The number of hydrogen-bond acceptors (Lipinski definition) is 4. The Morgan fingerprint density at radius 3 is 2.14 bits per heavy atom. The van der Waals surface area contributed by atoms with Crippen LogP contribution in [0.5, 0.6) is 5.75 Å². The highest BCUT2D eigenvalue weighted by molar-refractivity contribution is 5.71. The first-order valence-corrected chi connectivity index (χ1v) is 7.11. The van der Waals surface area contributed by atoms with E-state index in [1.807, 2.05) is 38.1 Å². The van der Waals surface area contributed by atoms with E-state index in [1.54, 1.807) is 0 Å². The monoisotopic (exact) mass is 288 g/mol. The second kappa shape index (κ2) is 5.31. The Hall–Kier alpha value is -2.17. The van der Waals surface area contributed by atoms with Gasteiger partial charge in [-0.05, 0) is 38.1 Å². The molecule has 0 saturated heterocycles. The minimum Gasteiger partial charge on any atom is -0.491 e. The lowest BCUT2D eigenvalue weighted by Gasteiger charge is -2.17. The van der Waals surface area contributed by atoms with Crippen LogP contribution in [-0.2, 0) is 5.41 Å². The molecule has 0 saturated carbocycles. The topological polar surface area (TPSA) is 79.1 Å². The Morgan fingerprint density at radius 2 is 1.71 bits per heavy atom. The number of nitrogen functional groups attached to an aromatic ring is 2. The molecule has 0 fully saturated rings. The summed E-state index contributed by atoms with van der Waals surface area (Å²) in [5.74, 6) is 8.09. The number of nitrogens with zero attached hydrogens (tertiary/aromatic N) is 2. The molecular weight excluding hydrogens is 264 g/mol. The van der Waals surface area contributed by atoms with E-state index in [9.17, 15) is 0 Å². The summed E-state index contributed by atoms with van der Waals surface area (Å²) in [7, 11) is 0. The minimum atomic E-state index is -0.165. The third-order valence-electron chi connectivity index (χ3n) is 3.12. The molecule has 21 heavy (non-hydrogen) atoms. The Kier molecular flexibility index (Phi) is 3.85. The van der Waals surface area contributed by atoms with Crippen LogP contribution in [0.25, 0.3) is 11.3 Å². The number of imidazole rings is 1. The SMILES string of the molecule is CC(C)Oc1ccc(-c2nc(C(C)(C)C)n(N)c2N)cc1. The van der Waals surface area contributed by atoms with E-state index in [-0.39, 0.29) is 11.5 Å². The average molecular weight is 288 g/mol. The Labute approximate surface area is 125 Å². The van der Waals surface area contributed by atoms with Crippen LogP contribution in [-0.4, -0.2) is 15.8 Å². The molecule has 0 aliphatic heterocycles. The van der Waals surface area contributed by atoms with Crippen LogP contribution >= 0.6 is 0 Å². The van der Waals surface area contributed by atoms with E-state index in [4.69, 9.17) is 16.3 Å². The lowest BCUT2D eigenvalue weighted by atomic mass is 9.96. The summed E-state index contributed by atoms with van der Waals surface area (Å²) in [6.45, 7) is 10.2. The molecule has 1 aromatic heterocycles. The van der Waals surface area contributed by atoms with Gasteiger partial charge < -0.3 is 16.3 Å². The summed E-state index contributed by atoms with van der Waals surface area (Å²) in [4.78, 5) is 4.61. The van der Waals surface area contributed by atoms with Gasteiger partial charge in [0.15, 0.2) is 5.82 Å². The van der Waals surface area contributed by atoms with Gasteiger partial charge in [0.05, 0.1) is 6.10 Å². The maximum Gasteiger partial charge on any atom is 0.150 e. The summed E-state index contributed by atoms with van der Waals surface area (Å²) >= 11 is 0. The van der Waals surface area contributed by atoms with Gasteiger partial charge in [-0.3, -0.25) is 0 Å². The van der Waals surface area contributed by atoms with Crippen molar-refractivity contribution in [1.82, 2.24) is 9.66 Å². The average Bonchev–Trinajstić information content (AvgIpc) is 2.67. The first-order valence-electron chi connectivity index (χ1n) is 7.11. The standard InChI is InChI=1S/C16H24N4O/c1-10(2)21-12-8-6-11(7-9-12)13-14(17)20(18)15(19-13)16(3,4)5/h6-10H,17-18H2,1-5H3. The van der Waals surface area contributed by atoms with Gasteiger partial charge in [-0.25, -0.2) is 9.66 Å². The van der Waals surface area contributed by atoms with Crippen molar-refractivity contribution in [3.05, 3.63) is 30.1 Å². The van der Waals surface area contributed by atoms with Gasteiger partial charge in [0.2, 0.25) is 0 Å².